The van der Waals surface area contributed by atoms with Gasteiger partial charge in [0.2, 0.25) is 0 Å². The molecule has 0 saturated carbocycles. The molecular weight excluding hydrogens is 196 g/mol. The van der Waals surface area contributed by atoms with Gasteiger partial charge >= 0.3 is 0 Å². The van der Waals surface area contributed by atoms with Crippen LogP contribution >= 0.6 is 0 Å². The van der Waals surface area contributed by atoms with Gasteiger partial charge < -0.3 is 19.7 Å². The first kappa shape index (κ1) is 11.8. The van der Waals surface area contributed by atoms with Gasteiger partial charge in [0.15, 0.2) is 6.29 Å². The van der Waals surface area contributed by atoms with E-state index in [4.69, 9.17) is 9.84 Å². The fraction of sp³-hybridized carbons (Fsp3) is 0.364. The third kappa shape index (κ3) is 3.79. The van der Waals surface area contributed by atoms with Crippen molar-refractivity contribution in [3.8, 4) is 0 Å². The monoisotopic (exact) mass is 210 g/mol. The summed E-state index contributed by atoms with van der Waals surface area (Å²) in [5, 5.41) is 17.8. The molecule has 1 rings (SSSR count). The lowest BCUT2D eigenvalue weighted by Crippen LogP contribution is -2.33. The smallest absolute Gasteiger partial charge is 0.151 e. The molecule has 0 aliphatic carbocycles. The number of aliphatic hydroxyl groups is 2. The molecule has 1 aromatic rings. The topological polar surface area (TPSA) is 66.8 Å². The Morgan fingerprint density at radius 2 is 2.00 bits per heavy atom. The van der Waals surface area contributed by atoms with Crippen LogP contribution in [0.3, 0.4) is 0 Å². The summed E-state index contributed by atoms with van der Waals surface area (Å²) in [5.41, 5.74) is 0.912. The third-order valence-corrected chi connectivity index (χ3v) is 1.99. The van der Waals surface area contributed by atoms with Crippen molar-refractivity contribution in [1.82, 2.24) is 0 Å². The zero-order valence-corrected chi connectivity index (χ0v) is 8.24. The second-order valence-electron chi connectivity index (χ2n) is 3.15. The molecule has 0 aromatic heterocycles. The molecule has 0 heterocycles. The maximum Gasteiger partial charge on any atom is 0.151 e. The van der Waals surface area contributed by atoms with E-state index < -0.39 is 18.8 Å². The van der Waals surface area contributed by atoms with Gasteiger partial charge in [0, 0.05) is 0 Å². The van der Waals surface area contributed by atoms with Gasteiger partial charge in [-0.05, 0) is 5.56 Å². The van der Waals surface area contributed by atoms with E-state index in [2.05, 4.69) is 0 Å². The molecule has 4 heteroatoms. The molecule has 0 amide bonds. The van der Waals surface area contributed by atoms with Crippen molar-refractivity contribution in [3.05, 3.63) is 35.9 Å². The maximum atomic E-state index is 10.5. The molecule has 2 atom stereocenters. The summed E-state index contributed by atoms with van der Waals surface area (Å²) in [7, 11) is 0. The fourth-order valence-corrected chi connectivity index (χ4v) is 1.11. The van der Waals surface area contributed by atoms with Crippen molar-refractivity contribution in [2.24, 2.45) is 0 Å². The van der Waals surface area contributed by atoms with Crippen LogP contribution in [0.2, 0.25) is 0 Å². The Balaban J connectivity index is 2.44. The molecule has 0 saturated heterocycles. The Morgan fingerprint density at radius 3 is 2.53 bits per heavy atom. The van der Waals surface area contributed by atoms with Crippen molar-refractivity contribution in [2.45, 2.75) is 18.8 Å². The second-order valence-corrected chi connectivity index (χ2v) is 3.15. The summed E-state index contributed by atoms with van der Waals surface area (Å²) in [6.07, 6.45) is -1.65. The maximum absolute atomic E-state index is 10.5. The number of aliphatic hydroxyl groups excluding tert-OH is 2. The first-order valence-electron chi connectivity index (χ1n) is 4.67. The first-order chi connectivity index (χ1) is 7.27. The quantitative estimate of drug-likeness (QED) is 0.655. The van der Waals surface area contributed by atoms with E-state index in [1.165, 1.54) is 0 Å². The summed E-state index contributed by atoms with van der Waals surface area (Å²) >= 11 is 0. The van der Waals surface area contributed by atoms with Crippen LogP contribution in [0.1, 0.15) is 5.56 Å². The standard InChI is InChI=1S/C11H14O4/c12-6-10(14)11(7-13)15-8-9-4-2-1-3-5-9/h1-5,7,10-12,14H,6,8H2/t10-,11+/m1/s1. The van der Waals surface area contributed by atoms with Gasteiger partial charge in [-0.2, -0.15) is 0 Å². The molecule has 4 nitrogen and oxygen atoms in total. The Hall–Kier alpha value is -1.23. The molecule has 0 aliphatic heterocycles. The minimum Gasteiger partial charge on any atom is -0.394 e. The van der Waals surface area contributed by atoms with Crippen molar-refractivity contribution in [3.63, 3.8) is 0 Å². The van der Waals surface area contributed by atoms with Crippen molar-refractivity contribution >= 4 is 6.29 Å². The van der Waals surface area contributed by atoms with E-state index in [1.807, 2.05) is 30.3 Å². The number of aldehydes is 1. The number of benzene rings is 1. The van der Waals surface area contributed by atoms with Gasteiger partial charge in [-0.25, -0.2) is 0 Å². The predicted molar refractivity (Wildman–Crippen MR) is 54.2 cm³/mol. The normalized spacial score (nSPS) is 14.5. The van der Waals surface area contributed by atoms with Crippen LogP contribution in [0.25, 0.3) is 0 Å². The molecule has 1 aromatic carbocycles. The van der Waals surface area contributed by atoms with E-state index in [0.29, 0.717) is 6.29 Å². The highest BCUT2D eigenvalue weighted by molar-refractivity contribution is 5.57. The molecule has 82 valence electrons. The van der Waals surface area contributed by atoms with Crippen LogP contribution in [0.15, 0.2) is 30.3 Å². The van der Waals surface area contributed by atoms with Gasteiger partial charge in [0.05, 0.1) is 13.2 Å². The Morgan fingerprint density at radius 1 is 1.33 bits per heavy atom. The van der Waals surface area contributed by atoms with Gasteiger partial charge in [0.25, 0.3) is 0 Å². The number of hydrogen-bond donors (Lipinski definition) is 2. The fourth-order valence-electron chi connectivity index (χ4n) is 1.11. The van der Waals surface area contributed by atoms with E-state index in [-0.39, 0.29) is 6.61 Å². The summed E-state index contributed by atoms with van der Waals surface area (Å²) in [4.78, 5) is 10.5. The molecule has 0 bridgehead atoms. The number of rotatable bonds is 6. The number of ether oxygens (including phenoxy) is 1. The molecule has 0 aliphatic rings. The number of hydrogen-bond acceptors (Lipinski definition) is 4. The Labute approximate surface area is 88.1 Å². The average Bonchev–Trinajstić information content (AvgIpc) is 2.31. The predicted octanol–water partition coefficient (Wildman–Crippen LogP) is 0.124. The van der Waals surface area contributed by atoms with Gasteiger partial charge in [-0.3, -0.25) is 0 Å². The number of carbonyl (C=O) groups is 1. The lowest BCUT2D eigenvalue weighted by molar-refractivity contribution is -0.129. The van der Waals surface area contributed by atoms with Gasteiger partial charge in [-0.15, -0.1) is 0 Å². The molecule has 0 radical (unpaired) electrons. The van der Waals surface area contributed by atoms with Crippen molar-refractivity contribution in [2.75, 3.05) is 6.61 Å². The van der Waals surface area contributed by atoms with Crippen molar-refractivity contribution < 1.29 is 19.7 Å². The zero-order valence-electron chi connectivity index (χ0n) is 8.24. The summed E-state index contributed by atoms with van der Waals surface area (Å²) in [5.74, 6) is 0. The van der Waals surface area contributed by atoms with Crippen LogP contribution in [0.4, 0.5) is 0 Å². The molecule has 0 spiro atoms. The third-order valence-electron chi connectivity index (χ3n) is 1.99. The summed E-state index contributed by atoms with van der Waals surface area (Å²) < 4.78 is 5.15. The second kappa shape index (κ2) is 6.29. The lowest BCUT2D eigenvalue weighted by Gasteiger charge is -2.16. The van der Waals surface area contributed by atoms with E-state index in [9.17, 15) is 9.90 Å². The molecule has 0 fully saturated rings. The largest absolute Gasteiger partial charge is 0.394 e. The van der Waals surface area contributed by atoms with E-state index in [1.54, 1.807) is 0 Å². The summed E-state index contributed by atoms with van der Waals surface area (Å²) in [6.45, 7) is -0.250. The van der Waals surface area contributed by atoms with Crippen LogP contribution in [0, 0.1) is 0 Å². The van der Waals surface area contributed by atoms with Crippen LogP contribution in [-0.4, -0.2) is 35.3 Å². The van der Waals surface area contributed by atoms with Crippen LogP contribution in [0.5, 0.6) is 0 Å². The summed E-state index contributed by atoms with van der Waals surface area (Å²) in [6, 6.07) is 9.30. The number of carbonyl (C=O) groups excluding carboxylic acids is 1. The van der Waals surface area contributed by atoms with E-state index >= 15 is 0 Å². The molecule has 15 heavy (non-hydrogen) atoms. The minimum absolute atomic E-state index is 0.237. The van der Waals surface area contributed by atoms with Gasteiger partial charge in [-0.1, -0.05) is 30.3 Å². The highest BCUT2D eigenvalue weighted by atomic mass is 16.5. The Bertz CT molecular complexity index is 286. The van der Waals surface area contributed by atoms with Crippen LogP contribution in [-0.2, 0) is 16.1 Å². The SMILES string of the molecule is O=C[C@H](OCc1ccccc1)[C@H](O)CO. The Kier molecular flexibility index (Phi) is 4.97. The minimum atomic E-state index is -1.16. The van der Waals surface area contributed by atoms with E-state index in [0.717, 1.165) is 5.56 Å². The van der Waals surface area contributed by atoms with Gasteiger partial charge in [0.1, 0.15) is 12.2 Å². The van der Waals surface area contributed by atoms with Crippen LogP contribution < -0.4 is 0 Å². The first-order valence-corrected chi connectivity index (χ1v) is 4.67. The molecule has 0 unspecified atom stereocenters. The average molecular weight is 210 g/mol. The molecular formula is C11H14O4. The van der Waals surface area contributed by atoms with Crippen molar-refractivity contribution in [1.29, 1.82) is 0 Å². The lowest BCUT2D eigenvalue weighted by atomic mass is 10.2. The highest BCUT2D eigenvalue weighted by Gasteiger charge is 2.17. The highest BCUT2D eigenvalue weighted by Crippen LogP contribution is 2.04. The molecule has 2 N–H and O–H groups in total. The zero-order chi connectivity index (χ0) is 11.1.